The van der Waals surface area contributed by atoms with Crippen molar-refractivity contribution in [2.24, 2.45) is 5.73 Å². The van der Waals surface area contributed by atoms with Crippen LogP contribution in [0.25, 0.3) is 0 Å². The Kier molecular flexibility index (Phi) is 5.95. The zero-order valence-electron chi connectivity index (χ0n) is 16.8. The zero-order valence-corrected chi connectivity index (χ0v) is 16.8. The van der Waals surface area contributed by atoms with Crippen LogP contribution in [0.15, 0.2) is 72.8 Å². The summed E-state index contributed by atoms with van der Waals surface area (Å²) >= 11 is 0. The number of nitrogens with two attached hydrogens (primary N) is 1. The highest BCUT2D eigenvalue weighted by molar-refractivity contribution is 5.36. The van der Waals surface area contributed by atoms with Crippen LogP contribution in [0.2, 0.25) is 0 Å². The second kappa shape index (κ2) is 8.64. The van der Waals surface area contributed by atoms with Crippen molar-refractivity contribution in [2.45, 2.75) is 31.0 Å². The SMILES string of the molecule is NCc1ccccc1C1(O)CCN(C(c2ccccc2F)c2ccccc2F)CC1. The van der Waals surface area contributed by atoms with E-state index >= 15 is 0 Å². The highest BCUT2D eigenvalue weighted by Gasteiger charge is 2.38. The van der Waals surface area contributed by atoms with Gasteiger partial charge in [-0.3, -0.25) is 4.90 Å². The molecule has 0 atom stereocenters. The summed E-state index contributed by atoms with van der Waals surface area (Å²) in [5.41, 5.74) is 7.53. The van der Waals surface area contributed by atoms with Gasteiger partial charge in [0.1, 0.15) is 11.6 Å². The van der Waals surface area contributed by atoms with Crippen LogP contribution in [0.4, 0.5) is 8.78 Å². The summed E-state index contributed by atoms with van der Waals surface area (Å²) in [6.45, 7) is 1.36. The van der Waals surface area contributed by atoms with Gasteiger partial charge < -0.3 is 10.8 Å². The summed E-state index contributed by atoms with van der Waals surface area (Å²) in [6, 6.07) is 20.1. The van der Waals surface area contributed by atoms with Crippen LogP contribution in [0, 0.1) is 11.6 Å². The lowest BCUT2D eigenvalue weighted by Gasteiger charge is -2.43. The van der Waals surface area contributed by atoms with Gasteiger partial charge in [0, 0.05) is 30.8 Å². The van der Waals surface area contributed by atoms with Crippen LogP contribution in [0.5, 0.6) is 0 Å². The standard InChI is InChI=1S/C25H26F2N2O/c26-22-11-5-2-8-19(22)24(20-9-3-6-12-23(20)27)29-15-13-25(30,14-16-29)21-10-4-1-7-18(21)17-28/h1-12,24,30H,13-17,28H2. The first-order valence-corrected chi connectivity index (χ1v) is 10.3. The van der Waals surface area contributed by atoms with Crippen LogP contribution in [0.1, 0.15) is 41.1 Å². The molecule has 0 amide bonds. The fourth-order valence-electron chi connectivity index (χ4n) is 4.53. The van der Waals surface area contributed by atoms with E-state index in [1.54, 1.807) is 36.4 Å². The van der Waals surface area contributed by atoms with E-state index in [1.165, 1.54) is 12.1 Å². The molecule has 5 heteroatoms. The molecule has 4 rings (SSSR count). The third kappa shape index (κ3) is 3.88. The molecule has 3 N–H and O–H groups in total. The quantitative estimate of drug-likeness (QED) is 0.654. The van der Waals surface area contributed by atoms with Gasteiger partial charge in [-0.05, 0) is 36.1 Å². The molecule has 0 radical (unpaired) electrons. The second-order valence-corrected chi connectivity index (χ2v) is 7.87. The average molecular weight is 408 g/mol. The summed E-state index contributed by atoms with van der Waals surface area (Å²) in [4.78, 5) is 2.05. The van der Waals surface area contributed by atoms with Crippen molar-refractivity contribution in [1.29, 1.82) is 0 Å². The van der Waals surface area contributed by atoms with Gasteiger partial charge in [-0.25, -0.2) is 8.78 Å². The van der Waals surface area contributed by atoms with E-state index in [-0.39, 0.29) is 11.6 Å². The summed E-state index contributed by atoms with van der Waals surface area (Å²) in [5, 5.41) is 11.4. The maximum absolute atomic E-state index is 14.7. The maximum Gasteiger partial charge on any atom is 0.128 e. The van der Waals surface area contributed by atoms with Gasteiger partial charge in [0.15, 0.2) is 0 Å². The Morgan fingerprint density at radius 2 is 1.33 bits per heavy atom. The Bertz CT molecular complexity index is 970. The van der Waals surface area contributed by atoms with Gasteiger partial charge in [0.25, 0.3) is 0 Å². The van der Waals surface area contributed by atoms with E-state index in [1.807, 2.05) is 24.3 Å². The molecule has 0 bridgehead atoms. The number of hydrogen-bond acceptors (Lipinski definition) is 3. The van der Waals surface area contributed by atoms with Crippen LogP contribution in [0.3, 0.4) is 0 Å². The lowest BCUT2D eigenvalue weighted by Crippen LogP contribution is -2.45. The topological polar surface area (TPSA) is 49.5 Å². The third-order valence-corrected chi connectivity index (χ3v) is 6.13. The first-order chi connectivity index (χ1) is 14.5. The smallest absolute Gasteiger partial charge is 0.128 e. The number of nitrogens with zero attached hydrogens (tertiary/aromatic N) is 1. The Hall–Kier alpha value is -2.60. The second-order valence-electron chi connectivity index (χ2n) is 7.87. The van der Waals surface area contributed by atoms with E-state index in [9.17, 15) is 13.9 Å². The van der Waals surface area contributed by atoms with E-state index in [4.69, 9.17) is 5.73 Å². The van der Waals surface area contributed by atoms with Gasteiger partial charge >= 0.3 is 0 Å². The molecule has 30 heavy (non-hydrogen) atoms. The Labute approximate surface area is 175 Å². The largest absolute Gasteiger partial charge is 0.385 e. The lowest BCUT2D eigenvalue weighted by atomic mass is 9.81. The molecule has 1 aliphatic heterocycles. The molecule has 0 saturated carbocycles. The van der Waals surface area contributed by atoms with Crippen molar-refractivity contribution in [2.75, 3.05) is 13.1 Å². The Morgan fingerprint density at radius 1 is 0.833 bits per heavy atom. The van der Waals surface area contributed by atoms with Crippen LogP contribution in [-0.2, 0) is 12.1 Å². The lowest BCUT2D eigenvalue weighted by molar-refractivity contribution is -0.0335. The zero-order chi connectivity index (χ0) is 21.1. The molecule has 3 aromatic carbocycles. The molecule has 1 aliphatic rings. The van der Waals surface area contributed by atoms with Crippen molar-refractivity contribution in [3.05, 3.63) is 107 Å². The van der Waals surface area contributed by atoms with Crippen molar-refractivity contribution in [3.63, 3.8) is 0 Å². The normalized spacial score (nSPS) is 16.7. The Morgan fingerprint density at radius 3 is 1.87 bits per heavy atom. The molecule has 156 valence electrons. The molecule has 3 nitrogen and oxygen atoms in total. The fourth-order valence-corrected chi connectivity index (χ4v) is 4.53. The molecular formula is C25H26F2N2O. The highest BCUT2D eigenvalue weighted by atomic mass is 19.1. The maximum atomic E-state index is 14.7. The van der Waals surface area contributed by atoms with Crippen LogP contribution >= 0.6 is 0 Å². The molecular weight excluding hydrogens is 382 g/mol. The van der Waals surface area contributed by atoms with Gasteiger partial charge in [0.2, 0.25) is 0 Å². The van der Waals surface area contributed by atoms with E-state index in [2.05, 4.69) is 4.90 Å². The molecule has 3 aromatic rings. The van der Waals surface area contributed by atoms with E-state index < -0.39 is 11.6 Å². The van der Waals surface area contributed by atoms with Crippen molar-refractivity contribution >= 4 is 0 Å². The molecule has 1 fully saturated rings. The summed E-state index contributed by atoms with van der Waals surface area (Å²) < 4.78 is 29.4. The van der Waals surface area contributed by atoms with Gasteiger partial charge in [-0.15, -0.1) is 0 Å². The summed E-state index contributed by atoms with van der Waals surface area (Å²) in [6.07, 6.45) is 0.923. The van der Waals surface area contributed by atoms with Crippen molar-refractivity contribution in [1.82, 2.24) is 4.90 Å². The van der Waals surface area contributed by atoms with Gasteiger partial charge in [-0.2, -0.15) is 0 Å². The number of halogens is 2. The third-order valence-electron chi connectivity index (χ3n) is 6.13. The molecule has 0 aliphatic carbocycles. The first-order valence-electron chi connectivity index (χ1n) is 10.3. The molecule has 0 spiro atoms. The number of benzene rings is 3. The average Bonchev–Trinajstić information content (AvgIpc) is 2.78. The molecule has 0 unspecified atom stereocenters. The Balaban J connectivity index is 1.66. The monoisotopic (exact) mass is 408 g/mol. The van der Waals surface area contributed by atoms with Crippen LogP contribution in [-0.4, -0.2) is 23.1 Å². The number of aliphatic hydroxyl groups is 1. The molecule has 0 aromatic heterocycles. The minimum atomic E-state index is -0.999. The van der Waals surface area contributed by atoms with Gasteiger partial charge in [0.05, 0.1) is 11.6 Å². The van der Waals surface area contributed by atoms with Crippen molar-refractivity contribution < 1.29 is 13.9 Å². The predicted octanol–water partition coefficient (Wildman–Crippen LogP) is 4.50. The van der Waals surface area contributed by atoms with E-state index in [0.29, 0.717) is 43.6 Å². The van der Waals surface area contributed by atoms with E-state index in [0.717, 1.165) is 11.1 Å². The van der Waals surface area contributed by atoms with Gasteiger partial charge in [-0.1, -0.05) is 60.7 Å². The number of hydrogen-bond donors (Lipinski definition) is 2. The minimum Gasteiger partial charge on any atom is -0.385 e. The molecule has 1 heterocycles. The summed E-state index contributed by atoms with van der Waals surface area (Å²) in [7, 11) is 0. The van der Waals surface area contributed by atoms with Crippen LogP contribution < -0.4 is 5.73 Å². The fraction of sp³-hybridized carbons (Fsp3) is 0.280. The van der Waals surface area contributed by atoms with Crippen molar-refractivity contribution in [3.8, 4) is 0 Å². The highest BCUT2D eigenvalue weighted by Crippen LogP contribution is 2.40. The first kappa shape index (κ1) is 20.7. The summed E-state index contributed by atoms with van der Waals surface area (Å²) in [5.74, 6) is -0.722. The number of piperidine rings is 1. The minimum absolute atomic E-state index is 0.356. The number of rotatable bonds is 5. The molecule has 1 saturated heterocycles. The predicted molar refractivity (Wildman–Crippen MR) is 114 cm³/mol. The number of likely N-dealkylation sites (tertiary alicyclic amines) is 1.